The van der Waals surface area contributed by atoms with Crippen molar-refractivity contribution in [2.45, 2.75) is 129 Å². The summed E-state index contributed by atoms with van der Waals surface area (Å²) in [6.45, 7) is 33.6. The molecule has 1 aliphatic rings. The highest BCUT2D eigenvalue weighted by molar-refractivity contribution is 6.71. The molecule has 0 spiro atoms. The second-order valence-corrected chi connectivity index (χ2v) is 35.8. The van der Waals surface area contributed by atoms with Gasteiger partial charge in [0.25, 0.3) is 0 Å². The van der Waals surface area contributed by atoms with Crippen molar-refractivity contribution in [2.75, 3.05) is 0 Å². The quantitative estimate of drug-likeness (QED) is 0.332. The minimum Gasteiger partial charge on any atom is -0.409 e. The summed E-state index contributed by atoms with van der Waals surface area (Å²) in [6, 6.07) is 0. The normalized spacial score (nSPS) is 29.5. The Morgan fingerprint density at radius 2 is 0.367 bits per heavy atom. The maximum Gasteiger partial charge on any atom is 0.184 e. The van der Waals surface area contributed by atoms with Crippen molar-refractivity contribution >= 4 is 41.6 Å². The second kappa shape index (κ2) is 9.63. The van der Waals surface area contributed by atoms with Crippen LogP contribution in [-0.4, -0.2) is 72.1 Å². The lowest BCUT2D eigenvalue weighted by atomic mass is 10.2. The van der Waals surface area contributed by atoms with Gasteiger partial charge in [0.2, 0.25) is 0 Å². The molecule has 0 heterocycles. The van der Waals surface area contributed by atoms with Crippen LogP contribution in [0.4, 0.5) is 0 Å². The summed E-state index contributed by atoms with van der Waals surface area (Å²) >= 11 is 0. The van der Waals surface area contributed by atoms with Gasteiger partial charge in [-0.3, -0.25) is 0 Å². The summed E-state index contributed by atoms with van der Waals surface area (Å²) in [7, 11) is -9.25. The van der Waals surface area contributed by atoms with E-state index in [1.807, 2.05) is 0 Å². The molecule has 1 saturated carbocycles. The van der Waals surface area contributed by atoms with Crippen molar-refractivity contribution in [1.29, 1.82) is 0 Å². The topological polar surface area (TPSA) is 46.2 Å². The fourth-order valence-corrected chi connectivity index (χ4v) is 9.07. The third-order valence-electron chi connectivity index (χ3n) is 4.07. The molecule has 0 aromatic carbocycles. The Morgan fingerprint density at radius 3 is 0.433 bits per heavy atom. The zero-order valence-electron chi connectivity index (χ0n) is 22.4. The van der Waals surface area contributed by atoms with Crippen molar-refractivity contribution in [2.24, 2.45) is 0 Å². The first-order valence-corrected chi connectivity index (χ1v) is 28.4. The third kappa shape index (κ3) is 10.7. The van der Waals surface area contributed by atoms with E-state index in [0.717, 1.165) is 0 Å². The van der Waals surface area contributed by atoms with Crippen molar-refractivity contribution in [3.05, 3.63) is 0 Å². The van der Waals surface area contributed by atoms with Gasteiger partial charge in [-0.2, -0.15) is 0 Å². The maximum absolute atomic E-state index is 6.81. The van der Waals surface area contributed by atoms with Crippen LogP contribution in [0.25, 0.3) is 0 Å². The van der Waals surface area contributed by atoms with Gasteiger partial charge in [-0.15, -0.1) is 0 Å². The van der Waals surface area contributed by atoms with Crippen LogP contribution in [0.2, 0.25) is 98.2 Å². The molecule has 0 bridgehead atoms. The van der Waals surface area contributed by atoms with E-state index >= 15 is 0 Å². The van der Waals surface area contributed by atoms with Crippen molar-refractivity contribution in [3.8, 4) is 0 Å². The van der Waals surface area contributed by atoms with Crippen molar-refractivity contribution < 1.29 is 22.1 Å². The summed E-state index contributed by atoms with van der Waals surface area (Å²) in [4.78, 5) is 0. The first-order chi connectivity index (χ1) is 13.0. The molecule has 0 aliphatic heterocycles. The Morgan fingerprint density at radius 1 is 0.267 bits per heavy atom. The average Bonchev–Trinajstić information content (AvgIpc) is 2.57. The van der Waals surface area contributed by atoms with Crippen LogP contribution in [0.5, 0.6) is 0 Å². The molecule has 0 saturated heterocycles. The highest BCUT2D eigenvalue weighted by Gasteiger charge is 2.58. The van der Waals surface area contributed by atoms with E-state index < -0.39 is 41.6 Å². The lowest BCUT2D eigenvalue weighted by Gasteiger charge is -2.37. The molecule has 0 radical (unpaired) electrons. The average molecular weight is 511 g/mol. The van der Waals surface area contributed by atoms with Crippen LogP contribution in [-0.2, 0) is 22.1 Å². The second-order valence-electron chi connectivity index (χ2n) is 13.5. The Balaban J connectivity index is 3.57. The van der Waals surface area contributed by atoms with E-state index in [1.54, 1.807) is 0 Å². The van der Waals surface area contributed by atoms with Gasteiger partial charge in [0.15, 0.2) is 41.6 Å². The van der Waals surface area contributed by atoms with Gasteiger partial charge in [0.05, 0.1) is 0 Å². The van der Waals surface area contributed by atoms with E-state index in [-0.39, 0.29) is 30.5 Å². The predicted octanol–water partition coefficient (Wildman–Crippen LogP) is 6.10. The van der Waals surface area contributed by atoms with Gasteiger partial charge in [-0.25, -0.2) is 0 Å². The predicted molar refractivity (Wildman–Crippen MR) is 141 cm³/mol. The van der Waals surface area contributed by atoms with Gasteiger partial charge < -0.3 is 22.1 Å². The molecule has 0 N–H and O–H groups in total. The van der Waals surface area contributed by atoms with Crippen LogP contribution in [0.3, 0.4) is 0 Å². The molecule has 0 aromatic heterocycles. The van der Waals surface area contributed by atoms with Crippen molar-refractivity contribution in [3.63, 3.8) is 0 Å². The van der Waals surface area contributed by atoms with Gasteiger partial charge in [-0.05, 0) is 98.2 Å². The number of hydrogen-bond donors (Lipinski definition) is 0. The molecular weight excluding hydrogens is 461 g/mol. The van der Waals surface area contributed by atoms with E-state index in [0.29, 0.717) is 0 Å². The zero-order valence-corrected chi connectivity index (χ0v) is 27.4. The first kappa shape index (κ1) is 28.9. The maximum atomic E-state index is 6.81. The minimum absolute atomic E-state index is 0.155. The lowest BCUT2D eigenvalue weighted by molar-refractivity contribution is -0.0147. The minimum atomic E-state index is -1.85. The third-order valence-corrected chi connectivity index (χ3v) is 8.96. The standard InChI is InChI=1S/C20H50O5Si5/c1-26(2,3)21-16-17(22-27(4,5)6)19(24-29(10,11)12)20(25-30(13,14)15)18(16)23-28(7,8)9/h16-20H,1-15H3. The van der Waals surface area contributed by atoms with Gasteiger partial charge in [0.1, 0.15) is 30.5 Å². The molecule has 1 rings (SSSR count). The SMILES string of the molecule is C[Si](C)(C)OC1C(O[Si](C)(C)C)C(O[Si](C)(C)C)C(O[Si](C)(C)C)C1O[Si](C)(C)C. The highest BCUT2D eigenvalue weighted by atomic mass is 28.4. The van der Waals surface area contributed by atoms with E-state index in [4.69, 9.17) is 22.1 Å². The molecule has 1 fully saturated rings. The molecule has 0 amide bonds. The first-order valence-electron chi connectivity index (χ1n) is 11.4. The molecule has 180 valence electrons. The summed E-state index contributed by atoms with van der Waals surface area (Å²) in [5.41, 5.74) is 0. The van der Waals surface area contributed by atoms with Gasteiger partial charge in [-0.1, -0.05) is 0 Å². The molecule has 5 nitrogen and oxygen atoms in total. The number of rotatable bonds is 10. The molecule has 10 heteroatoms. The van der Waals surface area contributed by atoms with Crippen LogP contribution in [0, 0.1) is 0 Å². The molecule has 0 aromatic rings. The monoisotopic (exact) mass is 510 g/mol. The van der Waals surface area contributed by atoms with Crippen LogP contribution >= 0.6 is 0 Å². The van der Waals surface area contributed by atoms with Gasteiger partial charge in [0, 0.05) is 0 Å². The molecule has 0 atom stereocenters. The molecule has 30 heavy (non-hydrogen) atoms. The van der Waals surface area contributed by atoms with Crippen LogP contribution in [0.1, 0.15) is 0 Å². The summed E-state index contributed by atoms with van der Waals surface area (Å²) in [5, 5.41) is 0. The van der Waals surface area contributed by atoms with Gasteiger partial charge >= 0.3 is 0 Å². The molecule has 0 unspecified atom stereocenters. The Bertz CT molecular complexity index is 428. The summed E-state index contributed by atoms with van der Waals surface area (Å²) in [6.07, 6.45) is -0.774. The molecular formula is C20H50O5Si5. The van der Waals surface area contributed by atoms with E-state index in [9.17, 15) is 0 Å². The Kier molecular flexibility index (Phi) is 9.28. The fourth-order valence-electron chi connectivity index (χ4n) is 3.65. The fraction of sp³-hybridized carbons (Fsp3) is 1.00. The Labute approximate surface area is 192 Å². The smallest absolute Gasteiger partial charge is 0.184 e. The highest BCUT2D eigenvalue weighted by Crippen LogP contribution is 2.39. The molecule has 1 aliphatic carbocycles. The zero-order chi connectivity index (χ0) is 23.9. The largest absolute Gasteiger partial charge is 0.409 e. The van der Waals surface area contributed by atoms with Crippen LogP contribution < -0.4 is 0 Å². The Hall–Kier alpha value is 0.884. The van der Waals surface area contributed by atoms with Crippen molar-refractivity contribution in [1.82, 2.24) is 0 Å². The van der Waals surface area contributed by atoms with E-state index in [2.05, 4.69) is 98.2 Å². The summed E-state index contributed by atoms with van der Waals surface area (Å²) < 4.78 is 34.0. The van der Waals surface area contributed by atoms with Crippen LogP contribution in [0.15, 0.2) is 0 Å². The van der Waals surface area contributed by atoms with E-state index in [1.165, 1.54) is 0 Å². The number of hydrogen-bond acceptors (Lipinski definition) is 5. The summed E-state index contributed by atoms with van der Waals surface area (Å²) in [5.74, 6) is 0. The lowest BCUT2D eigenvalue weighted by Crippen LogP contribution is -2.51.